The van der Waals surface area contributed by atoms with Crippen LogP contribution in [-0.4, -0.2) is 17.5 Å². The molecule has 0 aromatic rings. The van der Waals surface area contributed by atoms with E-state index < -0.39 is 0 Å². The van der Waals surface area contributed by atoms with E-state index in [-0.39, 0.29) is 11.8 Å². The van der Waals surface area contributed by atoms with Crippen molar-refractivity contribution in [3.8, 4) is 0 Å². The second-order valence-corrected chi connectivity index (χ2v) is 2.98. The number of fused-ring (bicyclic) bond motifs is 1. The monoisotopic (exact) mass is 174 g/mol. The van der Waals surface area contributed by atoms with Crippen LogP contribution < -0.4 is 0 Å². The molecule has 0 radical (unpaired) electrons. The van der Waals surface area contributed by atoms with Gasteiger partial charge in [-0.2, -0.15) is 4.99 Å². The molecule has 0 fully saturated rings. The fraction of sp³-hybridized carbons (Fsp3) is 0.300. The predicted molar refractivity (Wildman–Crippen MR) is 51.9 cm³/mol. The van der Waals surface area contributed by atoms with Gasteiger partial charge in [-0.3, -0.25) is 4.79 Å². The molecule has 66 valence electrons. The van der Waals surface area contributed by atoms with Gasteiger partial charge in [0, 0.05) is 6.42 Å². The second kappa shape index (κ2) is 3.09. The zero-order valence-corrected chi connectivity index (χ0v) is 7.40. The summed E-state index contributed by atoms with van der Waals surface area (Å²) in [5.74, 6) is 0.305. The summed E-state index contributed by atoms with van der Waals surface area (Å²) in [5, 5.41) is 0. The maximum absolute atomic E-state index is 11.4. The summed E-state index contributed by atoms with van der Waals surface area (Å²) < 4.78 is 0. The summed E-state index contributed by atoms with van der Waals surface area (Å²) >= 11 is 0. The molecule has 2 aliphatic rings. The minimum atomic E-state index is -0.236. The summed E-state index contributed by atoms with van der Waals surface area (Å²) in [7, 11) is 0. The minimum absolute atomic E-state index is 0.0950. The number of amidine groups is 1. The highest BCUT2D eigenvalue weighted by Gasteiger charge is 2.25. The van der Waals surface area contributed by atoms with E-state index in [4.69, 9.17) is 0 Å². The third kappa shape index (κ3) is 1.37. The standard InChI is InChI=1S/C10H10N2O/c1-2-9-11-8-6-4-3-5-7(8)10(13)12-9/h3-7H,2H2,1H3. The Balaban J connectivity index is 2.39. The molecule has 0 saturated heterocycles. The number of allylic oxidation sites excluding steroid dienone is 3. The Kier molecular flexibility index (Phi) is 1.93. The number of hydrogen-bond acceptors (Lipinski definition) is 2. The van der Waals surface area contributed by atoms with Gasteiger partial charge < -0.3 is 0 Å². The lowest BCUT2D eigenvalue weighted by molar-refractivity contribution is -0.118. The Bertz CT molecular complexity index is 361. The van der Waals surface area contributed by atoms with Gasteiger partial charge in [-0.15, -0.1) is 0 Å². The summed E-state index contributed by atoms with van der Waals surface area (Å²) in [6, 6.07) is 0. The van der Waals surface area contributed by atoms with Gasteiger partial charge >= 0.3 is 0 Å². The number of carbonyl (C=O) groups excluding carboxylic acids is 1. The average molecular weight is 174 g/mol. The molecule has 3 heteroatoms. The molecule has 0 N–H and O–H groups in total. The topological polar surface area (TPSA) is 41.8 Å². The quantitative estimate of drug-likeness (QED) is 0.594. The Morgan fingerprint density at radius 2 is 2.23 bits per heavy atom. The molecule has 2 rings (SSSR count). The van der Waals surface area contributed by atoms with E-state index in [1.807, 2.05) is 31.2 Å². The molecule has 1 atom stereocenters. The van der Waals surface area contributed by atoms with Crippen LogP contribution in [0.5, 0.6) is 0 Å². The Labute approximate surface area is 76.6 Å². The van der Waals surface area contributed by atoms with Crippen LogP contribution in [0.15, 0.2) is 34.3 Å². The maximum atomic E-state index is 11.4. The van der Waals surface area contributed by atoms with Crippen LogP contribution in [0, 0.1) is 5.92 Å². The molecule has 0 bridgehead atoms. The number of hydrogen-bond donors (Lipinski definition) is 0. The number of nitrogens with zero attached hydrogens (tertiary/aromatic N) is 2. The molecular formula is C10H10N2O. The molecule has 0 spiro atoms. The highest BCUT2D eigenvalue weighted by Crippen LogP contribution is 2.16. The molecular weight excluding hydrogens is 164 g/mol. The average Bonchev–Trinajstić information content (AvgIpc) is 2.18. The van der Waals surface area contributed by atoms with E-state index in [1.165, 1.54) is 0 Å². The zero-order chi connectivity index (χ0) is 9.26. The van der Waals surface area contributed by atoms with Crippen LogP contribution in [0.2, 0.25) is 0 Å². The van der Waals surface area contributed by atoms with Crippen molar-refractivity contribution < 1.29 is 4.79 Å². The SMILES string of the molecule is CCC1=NC(=O)C2C=CC=CC2=N1. The van der Waals surface area contributed by atoms with E-state index in [0.29, 0.717) is 12.3 Å². The summed E-state index contributed by atoms with van der Waals surface area (Å²) in [5.41, 5.74) is 0.819. The van der Waals surface area contributed by atoms with E-state index in [9.17, 15) is 4.79 Å². The smallest absolute Gasteiger partial charge is 0.260 e. The van der Waals surface area contributed by atoms with Gasteiger partial charge in [0.25, 0.3) is 5.91 Å². The van der Waals surface area contributed by atoms with E-state index in [0.717, 1.165) is 5.71 Å². The summed E-state index contributed by atoms with van der Waals surface area (Å²) in [4.78, 5) is 19.6. The first kappa shape index (κ1) is 8.10. The first-order valence-corrected chi connectivity index (χ1v) is 4.36. The molecule has 1 heterocycles. The van der Waals surface area contributed by atoms with Gasteiger partial charge in [0.15, 0.2) is 0 Å². The van der Waals surface area contributed by atoms with Crippen molar-refractivity contribution >= 4 is 17.5 Å². The first-order chi connectivity index (χ1) is 6.31. The highest BCUT2D eigenvalue weighted by molar-refractivity contribution is 6.21. The fourth-order valence-corrected chi connectivity index (χ4v) is 1.38. The maximum Gasteiger partial charge on any atom is 0.260 e. The molecule has 1 amide bonds. The van der Waals surface area contributed by atoms with Crippen molar-refractivity contribution in [1.82, 2.24) is 0 Å². The third-order valence-electron chi connectivity index (χ3n) is 2.08. The van der Waals surface area contributed by atoms with E-state index >= 15 is 0 Å². The third-order valence-corrected chi connectivity index (χ3v) is 2.08. The van der Waals surface area contributed by atoms with E-state index in [1.54, 1.807) is 0 Å². The summed E-state index contributed by atoms with van der Waals surface area (Å²) in [6.45, 7) is 1.94. The van der Waals surface area contributed by atoms with Crippen molar-refractivity contribution in [1.29, 1.82) is 0 Å². The molecule has 0 aromatic carbocycles. The van der Waals surface area contributed by atoms with Crippen molar-refractivity contribution in [3.05, 3.63) is 24.3 Å². The van der Waals surface area contributed by atoms with Gasteiger partial charge in [-0.25, -0.2) is 4.99 Å². The number of carbonyl (C=O) groups is 1. The molecule has 1 aliphatic carbocycles. The predicted octanol–water partition coefficient (Wildman–Crippen LogP) is 1.52. The first-order valence-electron chi connectivity index (χ1n) is 4.36. The molecule has 13 heavy (non-hydrogen) atoms. The van der Waals surface area contributed by atoms with Gasteiger partial charge in [0.05, 0.1) is 5.71 Å². The van der Waals surface area contributed by atoms with Crippen molar-refractivity contribution in [2.24, 2.45) is 15.9 Å². The molecule has 0 saturated carbocycles. The van der Waals surface area contributed by atoms with Crippen molar-refractivity contribution in [3.63, 3.8) is 0 Å². The lowest BCUT2D eigenvalue weighted by Gasteiger charge is -2.16. The molecule has 1 aliphatic heterocycles. The number of amides is 1. The number of rotatable bonds is 1. The molecule has 3 nitrogen and oxygen atoms in total. The van der Waals surface area contributed by atoms with Crippen LogP contribution in [-0.2, 0) is 4.79 Å². The van der Waals surface area contributed by atoms with Crippen LogP contribution in [0.1, 0.15) is 13.3 Å². The fourth-order valence-electron chi connectivity index (χ4n) is 1.38. The number of aliphatic imine (C=N–C) groups is 2. The van der Waals surface area contributed by atoms with Crippen molar-refractivity contribution in [2.45, 2.75) is 13.3 Å². The molecule has 1 unspecified atom stereocenters. The second-order valence-electron chi connectivity index (χ2n) is 2.98. The Hall–Kier alpha value is -1.51. The van der Waals surface area contributed by atoms with E-state index in [2.05, 4.69) is 9.98 Å². The van der Waals surface area contributed by atoms with Crippen LogP contribution in [0.3, 0.4) is 0 Å². The highest BCUT2D eigenvalue weighted by atomic mass is 16.1. The zero-order valence-electron chi connectivity index (χ0n) is 7.40. The van der Waals surface area contributed by atoms with Gasteiger partial charge in [-0.05, 0) is 6.08 Å². The minimum Gasteiger partial charge on any atom is -0.271 e. The normalized spacial score (nSPS) is 25.3. The molecule has 0 aromatic heterocycles. The lowest BCUT2D eigenvalue weighted by Crippen LogP contribution is -2.26. The van der Waals surface area contributed by atoms with Crippen LogP contribution >= 0.6 is 0 Å². The largest absolute Gasteiger partial charge is 0.271 e. The van der Waals surface area contributed by atoms with Crippen molar-refractivity contribution in [2.75, 3.05) is 0 Å². The Morgan fingerprint density at radius 1 is 1.38 bits per heavy atom. The van der Waals surface area contributed by atoms with Gasteiger partial charge in [0.2, 0.25) is 0 Å². The van der Waals surface area contributed by atoms with Gasteiger partial charge in [0.1, 0.15) is 11.8 Å². The van der Waals surface area contributed by atoms with Crippen LogP contribution in [0.4, 0.5) is 0 Å². The van der Waals surface area contributed by atoms with Gasteiger partial charge in [-0.1, -0.05) is 25.2 Å². The Morgan fingerprint density at radius 3 is 3.00 bits per heavy atom. The lowest BCUT2D eigenvalue weighted by atomic mass is 9.96. The summed E-state index contributed by atoms with van der Waals surface area (Å²) in [6.07, 6.45) is 8.15. The van der Waals surface area contributed by atoms with Crippen LogP contribution in [0.25, 0.3) is 0 Å².